The van der Waals surface area contributed by atoms with Crippen LogP contribution in [0.15, 0.2) is 145 Å². The summed E-state index contributed by atoms with van der Waals surface area (Å²) in [7, 11) is 5.55. The standard InChI is InChI=1S/C16H13N5O.C15H12FN7.C5H5FN2.C4H5BrN2.3C4H9.3CH4.CH3.Sn/c1-20-13(9-10-17-20)15-18-16(14-8-5-11-21(14)19-15)22-12-6-3-2-4-7-12;1-22-12(5-7-18-22)15-20-14(13-3-2-8-23(13)21-15)19-11-4-6-17-9-10(11)16;6-4-3-8-2-1-5(4)7;1-7-4(5)2-3-6-7;3*1-3-4-2;;;;;/h2-11H,1H3;2-9H,1H3,(H,17,19,20,21);1-3H,(H2,7,8);2-3H,1H3;3*1,3-4H2,2H3;3*1H4;1H3;. The zero-order valence-electron chi connectivity index (χ0n) is 43.0. The van der Waals surface area contributed by atoms with Crippen LogP contribution in [0.4, 0.5) is 26.0 Å². The van der Waals surface area contributed by atoms with Gasteiger partial charge in [0.1, 0.15) is 32.8 Å². The number of fused-ring (bicyclic) bond motifs is 2. The molecule has 0 aliphatic rings. The predicted molar refractivity (Wildman–Crippen MR) is 315 cm³/mol. The number of benzene rings is 1. The Morgan fingerprint density at radius 3 is 1.56 bits per heavy atom. The van der Waals surface area contributed by atoms with E-state index in [9.17, 15) is 8.78 Å². The zero-order valence-corrected chi connectivity index (χ0v) is 47.5. The summed E-state index contributed by atoms with van der Waals surface area (Å²) >= 11 is 1.70. The SMILES string of the molecule is C.C.C.CCC[CH2][Sn]([CH3])([CH2]CCC)[CH2]CCC.Cn1nccc1-c1nc(Nc2ccncc2F)c2cccn2n1.Cn1nccc1-c1nc(Oc2ccccc2)c2cccn2n1.Cn1nccc1Br.Nc1ccncc1F. The molecular formula is C56H77BrF2N16OSn. The average Bonchev–Trinajstić information content (AvgIpc) is 4.29. The van der Waals surface area contributed by atoms with Gasteiger partial charge in [0.2, 0.25) is 11.7 Å². The number of nitrogen functional groups attached to an aromatic ring is 1. The molecule has 0 atom stereocenters. The van der Waals surface area contributed by atoms with Gasteiger partial charge in [-0.25, -0.2) is 22.8 Å². The maximum atomic E-state index is 13.8. The number of halogens is 3. The molecule has 10 aromatic rings. The molecule has 9 aromatic heterocycles. The fraction of sp³-hybridized carbons (Fsp3) is 0.339. The number of para-hydroxylation sites is 1. The average molecular weight is 1230 g/mol. The zero-order chi connectivity index (χ0) is 52.9. The molecule has 0 amide bonds. The van der Waals surface area contributed by atoms with Gasteiger partial charge >= 0.3 is 95.9 Å². The van der Waals surface area contributed by atoms with Gasteiger partial charge in [-0.3, -0.25) is 24.0 Å². The predicted octanol–water partition coefficient (Wildman–Crippen LogP) is 14.7. The minimum Gasteiger partial charge on any atom is -0.437 e. The molecule has 0 saturated carbocycles. The third-order valence-electron chi connectivity index (χ3n) is 11.8. The van der Waals surface area contributed by atoms with Crippen molar-refractivity contribution in [2.24, 2.45) is 21.1 Å². The molecule has 0 spiro atoms. The largest absolute Gasteiger partial charge is 0.437 e. The van der Waals surface area contributed by atoms with Crippen LogP contribution >= 0.6 is 15.9 Å². The molecule has 3 N–H and O–H groups in total. The van der Waals surface area contributed by atoms with E-state index in [0.29, 0.717) is 29.0 Å². The van der Waals surface area contributed by atoms with Gasteiger partial charge in [0.15, 0.2) is 23.3 Å². The molecule has 0 unspecified atom stereocenters. The van der Waals surface area contributed by atoms with Crippen molar-refractivity contribution >= 4 is 62.5 Å². The Labute approximate surface area is 465 Å². The van der Waals surface area contributed by atoms with Crippen molar-refractivity contribution in [1.82, 2.24) is 68.5 Å². The van der Waals surface area contributed by atoms with Crippen LogP contribution in [0.2, 0.25) is 18.2 Å². The second-order valence-corrected chi connectivity index (χ2v) is 33.0. The molecule has 412 valence electrons. The number of hydrogen-bond acceptors (Lipinski definition) is 12. The van der Waals surface area contributed by atoms with Gasteiger partial charge in [-0.05, 0) is 82.7 Å². The van der Waals surface area contributed by atoms with Crippen molar-refractivity contribution < 1.29 is 13.5 Å². The van der Waals surface area contributed by atoms with Gasteiger partial charge < -0.3 is 15.8 Å². The summed E-state index contributed by atoms with van der Waals surface area (Å²) in [5, 5.41) is 24.1. The van der Waals surface area contributed by atoms with Crippen molar-refractivity contribution in [3.63, 3.8) is 0 Å². The molecule has 10 rings (SSSR count). The van der Waals surface area contributed by atoms with Crippen LogP contribution in [0.25, 0.3) is 34.1 Å². The Bertz CT molecular complexity index is 3190. The number of anilines is 3. The molecule has 0 saturated heterocycles. The fourth-order valence-electron chi connectivity index (χ4n) is 7.55. The smallest absolute Gasteiger partial charge is 0.247 e. The monoisotopic (exact) mass is 1230 g/mol. The normalized spacial score (nSPS) is 10.4. The Hall–Kier alpha value is -7.07. The van der Waals surface area contributed by atoms with Crippen LogP contribution < -0.4 is 15.8 Å². The maximum absolute atomic E-state index is 13.8. The number of ether oxygens (including phenoxy) is 1. The number of aryl methyl sites for hydroxylation is 3. The van der Waals surface area contributed by atoms with Gasteiger partial charge in [0.25, 0.3) is 0 Å². The third kappa shape index (κ3) is 18.9. The number of nitrogens with one attached hydrogen (secondary N) is 1. The molecule has 0 radical (unpaired) electrons. The third-order valence-corrected chi connectivity index (χ3v) is 25.9. The van der Waals surface area contributed by atoms with Crippen molar-refractivity contribution in [2.75, 3.05) is 11.1 Å². The number of aromatic nitrogens is 14. The molecule has 77 heavy (non-hydrogen) atoms. The molecule has 0 fully saturated rings. The van der Waals surface area contributed by atoms with E-state index < -0.39 is 30.0 Å². The van der Waals surface area contributed by atoms with E-state index in [1.54, 1.807) is 61.0 Å². The number of nitrogens with two attached hydrogens (primary N) is 1. The first-order chi connectivity index (χ1) is 35.8. The number of nitrogens with zero attached hydrogens (tertiary/aromatic N) is 14. The van der Waals surface area contributed by atoms with Crippen LogP contribution in [-0.4, -0.2) is 86.9 Å². The Morgan fingerprint density at radius 1 is 0.597 bits per heavy atom. The minimum absolute atomic E-state index is 0. The van der Waals surface area contributed by atoms with Crippen molar-refractivity contribution in [2.45, 2.75) is 99.8 Å². The first-order valence-corrected chi connectivity index (χ1v) is 34.3. The van der Waals surface area contributed by atoms with Gasteiger partial charge in [-0.15, -0.1) is 10.2 Å². The molecule has 0 aliphatic heterocycles. The van der Waals surface area contributed by atoms with E-state index in [1.807, 2.05) is 106 Å². The second kappa shape index (κ2) is 32.5. The summed E-state index contributed by atoms with van der Waals surface area (Å²) in [6.45, 7) is 7.02. The van der Waals surface area contributed by atoms with E-state index in [2.05, 4.69) is 92.4 Å². The summed E-state index contributed by atoms with van der Waals surface area (Å²) in [4.78, 5) is 19.0. The second-order valence-electron chi connectivity index (χ2n) is 17.6. The van der Waals surface area contributed by atoms with Crippen LogP contribution in [-0.2, 0) is 21.1 Å². The topological polar surface area (TPSA) is 187 Å². The maximum Gasteiger partial charge on any atom is 0.247 e. The van der Waals surface area contributed by atoms with Gasteiger partial charge in [-0.2, -0.15) is 20.3 Å². The number of hydrogen-bond donors (Lipinski definition) is 2. The van der Waals surface area contributed by atoms with E-state index >= 15 is 0 Å². The first kappa shape index (κ1) is 64.2. The summed E-state index contributed by atoms with van der Waals surface area (Å²) in [5.74, 6) is 1.90. The number of pyridine rings is 2. The number of rotatable bonds is 15. The van der Waals surface area contributed by atoms with E-state index in [0.717, 1.165) is 45.2 Å². The van der Waals surface area contributed by atoms with E-state index in [4.69, 9.17) is 10.5 Å². The summed E-state index contributed by atoms with van der Waals surface area (Å²) < 4.78 is 46.5. The molecule has 17 nitrogen and oxygen atoms in total. The molecule has 0 aliphatic carbocycles. The quantitative estimate of drug-likeness (QED) is 0.0926. The molecular weight excluding hydrogens is 1150 g/mol. The molecule has 21 heteroatoms. The summed E-state index contributed by atoms with van der Waals surface area (Å²) in [5.41, 5.74) is 8.69. The molecule has 0 bridgehead atoms. The van der Waals surface area contributed by atoms with Crippen LogP contribution in [0.5, 0.6) is 11.6 Å². The van der Waals surface area contributed by atoms with Gasteiger partial charge in [0.05, 0.1) is 30.0 Å². The van der Waals surface area contributed by atoms with E-state index in [-0.39, 0.29) is 28.0 Å². The van der Waals surface area contributed by atoms with Crippen LogP contribution in [0, 0.1) is 11.6 Å². The Kier molecular flexibility index (Phi) is 27.1. The first-order valence-electron chi connectivity index (χ1n) is 24.6. The van der Waals surface area contributed by atoms with Gasteiger partial charge in [-0.1, -0.05) is 40.5 Å². The fourth-order valence-corrected chi connectivity index (χ4v) is 20.2. The number of unbranched alkanes of at least 4 members (excludes halogenated alkanes) is 3. The minimum atomic E-state index is -1.56. The summed E-state index contributed by atoms with van der Waals surface area (Å²) in [6, 6.07) is 25.7. The Balaban J connectivity index is 0.000000268. The van der Waals surface area contributed by atoms with Crippen LogP contribution in [0.1, 0.15) is 81.6 Å². The van der Waals surface area contributed by atoms with Crippen molar-refractivity contribution in [3.05, 3.63) is 157 Å². The van der Waals surface area contributed by atoms with Crippen molar-refractivity contribution in [1.29, 1.82) is 0 Å². The molecule has 1 aromatic carbocycles. The van der Waals surface area contributed by atoms with Crippen molar-refractivity contribution in [3.8, 4) is 34.7 Å². The van der Waals surface area contributed by atoms with Gasteiger partial charge in [0, 0.05) is 58.3 Å². The summed E-state index contributed by atoms with van der Waals surface area (Å²) in [6.07, 6.45) is 22.8. The van der Waals surface area contributed by atoms with E-state index in [1.165, 1.54) is 57.0 Å². The van der Waals surface area contributed by atoms with Crippen LogP contribution in [0.3, 0.4) is 0 Å². The molecule has 9 heterocycles. The Morgan fingerprint density at radius 2 is 1.10 bits per heavy atom.